The van der Waals surface area contributed by atoms with E-state index in [1.54, 1.807) is 33.8 Å². The lowest BCUT2D eigenvalue weighted by atomic mass is 10.0. The normalized spacial score (nSPS) is 17.1. The standard InChI is InChI=1S/C19H23N3O7/c1-12-6-5-7-14(22(27)28)13(12)10-20(11-23)15-8-9-16(24)21(17(15)25)18(26)29-19(2,3)4/h5-7,11,15H,8-10H2,1-4H3. The number of benzene rings is 1. The van der Waals surface area contributed by atoms with Crippen molar-refractivity contribution in [2.45, 2.75) is 58.7 Å². The van der Waals surface area contributed by atoms with Gasteiger partial charge in [-0.2, -0.15) is 4.90 Å². The maximum absolute atomic E-state index is 12.8. The quantitative estimate of drug-likeness (QED) is 0.318. The molecule has 2 rings (SSSR count). The summed E-state index contributed by atoms with van der Waals surface area (Å²) in [6, 6.07) is 3.38. The minimum absolute atomic E-state index is 0.00931. The lowest BCUT2D eigenvalue weighted by Gasteiger charge is -2.35. The molecule has 10 heteroatoms. The number of rotatable bonds is 5. The predicted molar refractivity (Wildman–Crippen MR) is 101 cm³/mol. The minimum atomic E-state index is -1.11. The second-order valence-electron chi connectivity index (χ2n) is 7.71. The monoisotopic (exact) mass is 405 g/mol. The molecule has 1 aliphatic rings. The van der Waals surface area contributed by atoms with Gasteiger partial charge in [0, 0.05) is 12.5 Å². The zero-order valence-electron chi connectivity index (χ0n) is 16.7. The van der Waals surface area contributed by atoms with Gasteiger partial charge in [0.2, 0.25) is 12.3 Å². The summed E-state index contributed by atoms with van der Waals surface area (Å²) in [5, 5.41) is 11.3. The number of carbonyl (C=O) groups excluding carboxylic acids is 4. The number of hydrogen-bond acceptors (Lipinski definition) is 7. The van der Waals surface area contributed by atoms with Gasteiger partial charge in [-0.3, -0.25) is 24.5 Å². The van der Waals surface area contributed by atoms with Crippen molar-refractivity contribution in [2.75, 3.05) is 0 Å². The first kappa shape index (κ1) is 22.0. The van der Waals surface area contributed by atoms with Crippen molar-refractivity contribution in [2.24, 2.45) is 0 Å². The van der Waals surface area contributed by atoms with Crippen LogP contribution in [0.3, 0.4) is 0 Å². The largest absolute Gasteiger partial charge is 0.443 e. The van der Waals surface area contributed by atoms with Crippen LogP contribution in [-0.2, 0) is 25.7 Å². The van der Waals surface area contributed by atoms with E-state index in [1.165, 1.54) is 12.1 Å². The highest BCUT2D eigenvalue weighted by molar-refractivity contribution is 6.12. The molecular weight excluding hydrogens is 382 g/mol. The number of carbonyl (C=O) groups is 4. The second-order valence-corrected chi connectivity index (χ2v) is 7.71. The molecule has 0 aliphatic carbocycles. The van der Waals surface area contributed by atoms with Gasteiger partial charge in [0.1, 0.15) is 11.6 Å². The van der Waals surface area contributed by atoms with Gasteiger partial charge >= 0.3 is 6.09 Å². The van der Waals surface area contributed by atoms with Crippen molar-refractivity contribution in [3.63, 3.8) is 0 Å². The van der Waals surface area contributed by atoms with Gasteiger partial charge in [0.25, 0.3) is 11.6 Å². The molecule has 0 spiro atoms. The molecule has 1 aromatic rings. The Morgan fingerprint density at radius 2 is 2.03 bits per heavy atom. The zero-order valence-corrected chi connectivity index (χ0v) is 16.7. The number of aryl methyl sites for hydroxylation is 1. The summed E-state index contributed by atoms with van der Waals surface area (Å²) >= 11 is 0. The summed E-state index contributed by atoms with van der Waals surface area (Å²) in [7, 11) is 0. The van der Waals surface area contributed by atoms with Gasteiger partial charge < -0.3 is 9.64 Å². The Kier molecular flexibility index (Phi) is 6.35. The van der Waals surface area contributed by atoms with Crippen LogP contribution in [0.5, 0.6) is 0 Å². The predicted octanol–water partition coefficient (Wildman–Crippen LogP) is 2.31. The summed E-state index contributed by atoms with van der Waals surface area (Å²) in [6.07, 6.45) is -0.850. The number of piperidine rings is 1. The SMILES string of the molecule is Cc1cccc([N+](=O)[O-])c1CN(C=O)C1CCC(=O)N(C(=O)OC(C)(C)C)C1=O. The van der Waals surface area contributed by atoms with Crippen molar-refractivity contribution in [1.29, 1.82) is 0 Å². The Bertz CT molecular complexity index is 860. The van der Waals surface area contributed by atoms with Crippen LogP contribution in [0.15, 0.2) is 18.2 Å². The van der Waals surface area contributed by atoms with E-state index in [1.807, 2.05) is 0 Å². The summed E-state index contributed by atoms with van der Waals surface area (Å²) in [6.45, 7) is 6.23. The molecule has 0 bridgehead atoms. The van der Waals surface area contributed by atoms with Gasteiger partial charge in [-0.25, -0.2) is 4.79 Å². The third kappa shape index (κ3) is 4.95. The van der Waals surface area contributed by atoms with Crippen molar-refractivity contribution in [3.05, 3.63) is 39.4 Å². The van der Waals surface area contributed by atoms with Gasteiger partial charge in [-0.1, -0.05) is 12.1 Å². The smallest absolute Gasteiger partial charge is 0.424 e. The van der Waals surface area contributed by atoms with Crippen LogP contribution in [0, 0.1) is 17.0 Å². The van der Waals surface area contributed by atoms with Crippen molar-refractivity contribution >= 4 is 30.0 Å². The topological polar surface area (TPSA) is 127 Å². The van der Waals surface area contributed by atoms with Crippen molar-refractivity contribution < 1.29 is 28.8 Å². The number of amides is 4. The van der Waals surface area contributed by atoms with Gasteiger partial charge in [0.15, 0.2) is 0 Å². The first-order chi connectivity index (χ1) is 13.5. The number of imide groups is 3. The zero-order chi connectivity index (χ0) is 21.9. The Morgan fingerprint density at radius 1 is 1.38 bits per heavy atom. The lowest BCUT2D eigenvalue weighted by molar-refractivity contribution is -0.385. The number of ether oxygens (including phenoxy) is 1. The first-order valence-electron chi connectivity index (χ1n) is 9.00. The molecule has 1 atom stereocenters. The fraction of sp³-hybridized carbons (Fsp3) is 0.474. The number of nitro benzene ring substituents is 1. The molecule has 156 valence electrons. The second kappa shape index (κ2) is 8.38. The van der Waals surface area contributed by atoms with E-state index in [0.29, 0.717) is 16.9 Å². The summed E-state index contributed by atoms with van der Waals surface area (Å²) in [5.41, 5.74) is -0.246. The Labute approximate surface area is 167 Å². The van der Waals surface area contributed by atoms with Crippen LogP contribution in [0.1, 0.15) is 44.7 Å². The molecule has 4 amide bonds. The molecular formula is C19H23N3O7. The maximum Gasteiger partial charge on any atom is 0.424 e. The Morgan fingerprint density at radius 3 is 2.59 bits per heavy atom. The highest BCUT2D eigenvalue weighted by atomic mass is 16.6. The highest BCUT2D eigenvalue weighted by Gasteiger charge is 2.43. The molecule has 0 saturated carbocycles. The van der Waals surface area contributed by atoms with Gasteiger partial charge in [-0.15, -0.1) is 0 Å². The van der Waals surface area contributed by atoms with E-state index < -0.39 is 34.5 Å². The van der Waals surface area contributed by atoms with Crippen LogP contribution in [0.2, 0.25) is 0 Å². The first-order valence-corrected chi connectivity index (χ1v) is 9.00. The molecule has 1 heterocycles. The average molecular weight is 405 g/mol. The Balaban J connectivity index is 2.31. The summed E-state index contributed by atoms with van der Waals surface area (Å²) < 4.78 is 5.12. The summed E-state index contributed by atoms with van der Waals surface area (Å²) in [5.74, 6) is -1.60. The van der Waals surface area contributed by atoms with Crippen molar-refractivity contribution in [3.8, 4) is 0 Å². The van der Waals surface area contributed by atoms with Crippen LogP contribution >= 0.6 is 0 Å². The lowest BCUT2D eigenvalue weighted by Crippen LogP contribution is -2.56. The van der Waals surface area contributed by atoms with Crippen LogP contribution < -0.4 is 0 Å². The van der Waals surface area contributed by atoms with E-state index >= 15 is 0 Å². The van der Waals surface area contributed by atoms with Gasteiger partial charge in [-0.05, 0) is 39.7 Å². The van der Waals surface area contributed by atoms with E-state index in [4.69, 9.17) is 4.74 Å². The number of nitrogens with zero attached hydrogens (tertiary/aromatic N) is 3. The average Bonchev–Trinajstić information content (AvgIpc) is 2.59. The molecule has 1 saturated heterocycles. The molecule has 1 fully saturated rings. The number of likely N-dealkylation sites (tertiary alicyclic amines) is 1. The minimum Gasteiger partial charge on any atom is -0.443 e. The molecule has 1 aromatic carbocycles. The molecule has 1 unspecified atom stereocenters. The van der Waals surface area contributed by atoms with Crippen molar-refractivity contribution in [1.82, 2.24) is 9.80 Å². The molecule has 29 heavy (non-hydrogen) atoms. The molecule has 0 radical (unpaired) electrons. The molecule has 10 nitrogen and oxygen atoms in total. The van der Waals surface area contributed by atoms with Crippen LogP contribution in [0.25, 0.3) is 0 Å². The maximum atomic E-state index is 12.8. The summed E-state index contributed by atoms with van der Waals surface area (Å²) in [4.78, 5) is 61.2. The van der Waals surface area contributed by atoms with E-state index in [2.05, 4.69) is 0 Å². The van der Waals surface area contributed by atoms with E-state index in [9.17, 15) is 29.3 Å². The Hall–Kier alpha value is -3.30. The van der Waals surface area contributed by atoms with Gasteiger partial charge in [0.05, 0.1) is 17.0 Å². The van der Waals surface area contributed by atoms with E-state index in [0.717, 1.165) is 4.90 Å². The number of hydrogen-bond donors (Lipinski definition) is 0. The number of nitro groups is 1. The fourth-order valence-corrected chi connectivity index (χ4v) is 3.04. The third-order valence-electron chi connectivity index (χ3n) is 4.42. The van der Waals surface area contributed by atoms with E-state index in [-0.39, 0.29) is 30.6 Å². The van der Waals surface area contributed by atoms with Crippen LogP contribution in [-0.4, -0.2) is 50.7 Å². The highest BCUT2D eigenvalue weighted by Crippen LogP contribution is 2.27. The molecule has 0 aromatic heterocycles. The van der Waals surface area contributed by atoms with Crippen LogP contribution in [0.4, 0.5) is 10.5 Å². The fourth-order valence-electron chi connectivity index (χ4n) is 3.04. The molecule has 1 aliphatic heterocycles. The third-order valence-corrected chi connectivity index (χ3v) is 4.42. The molecule has 0 N–H and O–H groups in total.